The van der Waals surface area contributed by atoms with Crippen LogP contribution in [0.15, 0.2) is 53.4 Å². The first-order valence-corrected chi connectivity index (χ1v) is 13.2. The molecule has 1 aliphatic carbocycles. The predicted octanol–water partition coefficient (Wildman–Crippen LogP) is 3.41. The van der Waals surface area contributed by atoms with Gasteiger partial charge in [-0.05, 0) is 61.4 Å². The SMILES string of the molecule is O=C(CN(Cc1ccccc1)C1CC1)N1CCc2cc(S(=O)(=O)N3CCCCC3)ccc21. The van der Waals surface area contributed by atoms with Crippen molar-refractivity contribution in [2.45, 2.75) is 56.0 Å². The van der Waals surface area contributed by atoms with Crippen LogP contribution in [0.2, 0.25) is 0 Å². The minimum Gasteiger partial charge on any atom is -0.311 e. The van der Waals surface area contributed by atoms with Crippen molar-refractivity contribution < 1.29 is 13.2 Å². The Kier molecular flexibility index (Phi) is 6.05. The molecule has 0 radical (unpaired) electrons. The Morgan fingerprint density at radius 1 is 0.969 bits per heavy atom. The molecule has 6 nitrogen and oxygen atoms in total. The van der Waals surface area contributed by atoms with E-state index in [0.717, 1.165) is 49.9 Å². The summed E-state index contributed by atoms with van der Waals surface area (Å²) in [6.45, 7) is 2.99. The first kappa shape index (κ1) is 21.6. The van der Waals surface area contributed by atoms with E-state index in [1.54, 1.807) is 16.4 Å². The smallest absolute Gasteiger partial charge is 0.243 e. The van der Waals surface area contributed by atoms with E-state index >= 15 is 0 Å². The molecule has 1 amide bonds. The third-order valence-corrected chi connectivity index (χ3v) is 8.73. The third-order valence-electron chi connectivity index (χ3n) is 6.83. The van der Waals surface area contributed by atoms with Gasteiger partial charge in [-0.1, -0.05) is 36.8 Å². The van der Waals surface area contributed by atoms with Crippen LogP contribution in [0.4, 0.5) is 5.69 Å². The molecule has 7 heteroatoms. The lowest BCUT2D eigenvalue weighted by Crippen LogP contribution is -2.40. The van der Waals surface area contributed by atoms with Gasteiger partial charge in [-0.15, -0.1) is 0 Å². The van der Waals surface area contributed by atoms with E-state index in [-0.39, 0.29) is 5.91 Å². The first-order chi connectivity index (χ1) is 15.5. The number of hydrogen-bond acceptors (Lipinski definition) is 4. The Balaban J connectivity index is 1.30. The Labute approximate surface area is 190 Å². The van der Waals surface area contributed by atoms with E-state index < -0.39 is 10.0 Å². The van der Waals surface area contributed by atoms with Gasteiger partial charge >= 0.3 is 0 Å². The molecule has 2 aromatic rings. The largest absolute Gasteiger partial charge is 0.311 e. The van der Waals surface area contributed by atoms with Gasteiger partial charge in [0.25, 0.3) is 0 Å². The van der Waals surface area contributed by atoms with Crippen molar-refractivity contribution in [2.75, 3.05) is 31.1 Å². The summed E-state index contributed by atoms with van der Waals surface area (Å²) in [5.41, 5.74) is 3.04. The first-order valence-electron chi connectivity index (χ1n) is 11.7. The molecule has 1 saturated heterocycles. The van der Waals surface area contributed by atoms with Crippen molar-refractivity contribution in [3.63, 3.8) is 0 Å². The second-order valence-corrected chi connectivity index (χ2v) is 11.1. The number of carbonyl (C=O) groups is 1. The maximum atomic E-state index is 13.2. The summed E-state index contributed by atoms with van der Waals surface area (Å²) in [7, 11) is -3.46. The number of piperidine rings is 1. The highest BCUT2D eigenvalue weighted by atomic mass is 32.2. The molecule has 2 fully saturated rings. The highest BCUT2D eigenvalue weighted by molar-refractivity contribution is 7.89. The summed E-state index contributed by atoms with van der Waals surface area (Å²) in [5.74, 6) is 0.0956. The number of anilines is 1. The van der Waals surface area contributed by atoms with Gasteiger partial charge in [0.1, 0.15) is 0 Å². The lowest BCUT2D eigenvalue weighted by molar-refractivity contribution is -0.119. The molecule has 0 atom stereocenters. The lowest BCUT2D eigenvalue weighted by Gasteiger charge is -2.26. The van der Waals surface area contributed by atoms with Gasteiger partial charge in [-0.25, -0.2) is 8.42 Å². The topological polar surface area (TPSA) is 60.9 Å². The van der Waals surface area contributed by atoms with Crippen LogP contribution >= 0.6 is 0 Å². The van der Waals surface area contributed by atoms with Crippen molar-refractivity contribution in [3.8, 4) is 0 Å². The van der Waals surface area contributed by atoms with Gasteiger partial charge in [-0.3, -0.25) is 9.69 Å². The van der Waals surface area contributed by atoms with E-state index in [1.807, 2.05) is 29.2 Å². The van der Waals surface area contributed by atoms with Crippen LogP contribution in [-0.4, -0.2) is 55.8 Å². The van der Waals surface area contributed by atoms with E-state index in [0.29, 0.717) is 43.5 Å². The average Bonchev–Trinajstić information content (AvgIpc) is 3.58. The number of fused-ring (bicyclic) bond motifs is 1. The number of hydrogen-bond donors (Lipinski definition) is 0. The van der Waals surface area contributed by atoms with Gasteiger partial charge in [-0.2, -0.15) is 4.31 Å². The maximum absolute atomic E-state index is 13.2. The maximum Gasteiger partial charge on any atom is 0.243 e. The van der Waals surface area contributed by atoms with Crippen molar-refractivity contribution >= 4 is 21.6 Å². The zero-order valence-electron chi connectivity index (χ0n) is 18.4. The summed E-state index contributed by atoms with van der Waals surface area (Å²) < 4.78 is 27.7. The van der Waals surface area contributed by atoms with E-state index in [4.69, 9.17) is 0 Å². The summed E-state index contributed by atoms with van der Waals surface area (Å²) in [6, 6.07) is 16.1. The Morgan fingerprint density at radius 2 is 1.72 bits per heavy atom. The van der Waals surface area contributed by atoms with Crippen LogP contribution in [-0.2, 0) is 27.8 Å². The fourth-order valence-electron chi connectivity index (χ4n) is 4.88. The van der Waals surface area contributed by atoms with Crippen LogP contribution in [0.5, 0.6) is 0 Å². The summed E-state index contributed by atoms with van der Waals surface area (Å²) in [4.78, 5) is 17.7. The van der Waals surface area contributed by atoms with Crippen LogP contribution in [0.1, 0.15) is 43.2 Å². The molecule has 0 N–H and O–H groups in total. The molecule has 32 heavy (non-hydrogen) atoms. The molecule has 2 aromatic carbocycles. The molecular formula is C25H31N3O3S. The molecule has 0 aromatic heterocycles. The normalized spacial score (nSPS) is 19.3. The van der Waals surface area contributed by atoms with E-state index in [9.17, 15) is 13.2 Å². The monoisotopic (exact) mass is 453 g/mol. The Hall–Kier alpha value is -2.22. The van der Waals surface area contributed by atoms with Gasteiger partial charge in [0.2, 0.25) is 15.9 Å². The van der Waals surface area contributed by atoms with E-state index in [1.165, 1.54) is 5.56 Å². The molecule has 0 unspecified atom stereocenters. The van der Waals surface area contributed by atoms with Crippen LogP contribution < -0.4 is 4.90 Å². The predicted molar refractivity (Wildman–Crippen MR) is 125 cm³/mol. The van der Waals surface area contributed by atoms with Gasteiger partial charge < -0.3 is 4.90 Å². The standard InChI is InChI=1S/C25H31N3O3S/c29-25(19-26(22-9-10-22)18-20-7-3-1-4-8-20)28-16-13-21-17-23(11-12-24(21)28)32(30,31)27-14-5-2-6-15-27/h1,3-4,7-8,11-12,17,22H,2,5-6,9-10,13-16,18-19H2. The second kappa shape index (κ2) is 8.96. The summed E-state index contributed by atoms with van der Waals surface area (Å²) in [6.07, 6.45) is 5.94. The molecule has 0 bridgehead atoms. The van der Waals surface area contributed by atoms with Gasteiger partial charge in [0, 0.05) is 37.9 Å². The van der Waals surface area contributed by atoms with Crippen LogP contribution in [0, 0.1) is 0 Å². The molecule has 3 aliphatic rings. The van der Waals surface area contributed by atoms with Gasteiger partial charge in [0.05, 0.1) is 11.4 Å². The number of sulfonamides is 1. The zero-order valence-corrected chi connectivity index (χ0v) is 19.3. The fourth-order valence-corrected chi connectivity index (χ4v) is 6.45. The van der Waals surface area contributed by atoms with Crippen molar-refractivity contribution in [1.29, 1.82) is 0 Å². The number of benzene rings is 2. The Bertz CT molecular complexity index is 1080. The second-order valence-electron chi connectivity index (χ2n) is 9.17. The molecule has 2 aliphatic heterocycles. The van der Waals surface area contributed by atoms with Crippen molar-refractivity contribution in [3.05, 3.63) is 59.7 Å². The Morgan fingerprint density at radius 3 is 2.44 bits per heavy atom. The summed E-state index contributed by atoms with van der Waals surface area (Å²) in [5, 5.41) is 0. The number of amides is 1. The highest BCUT2D eigenvalue weighted by Gasteiger charge is 2.34. The quantitative estimate of drug-likeness (QED) is 0.645. The average molecular weight is 454 g/mol. The van der Waals surface area contributed by atoms with Gasteiger partial charge in [0.15, 0.2) is 0 Å². The number of rotatable bonds is 7. The van der Waals surface area contributed by atoms with Crippen LogP contribution in [0.3, 0.4) is 0 Å². The van der Waals surface area contributed by atoms with Crippen LogP contribution in [0.25, 0.3) is 0 Å². The zero-order chi connectivity index (χ0) is 22.1. The molecule has 0 spiro atoms. The summed E-state index contributed by atoms with van der Waals surface area (Å²) >= 11 is 0. The molecule has 5 rings (SSSR count). The minimum atomic E-state index is -3.46. The van der Waals surface area contributed by atoms with Crippen molar-refractivity contribution in [1.82, 2.24) is 9.21 Å². The van der Waals surface area contributed by atoms with E-state index in [2.05, 4.69) is 17.0 Å². The lowest BCUT2D eigenvalue weighted by atomic mass is 10.2. The minimum absolute atomic E-state index is 0.0956. The number of nitrogens with zero attached hydrogens (tertiary/aromatic N) is 3. The fraction of sp³-hybridized carbons (Fsp3) is 0.480. The van der Waals surface area contributed by atoms with Crippen molar-refractivity contribution in [2.24, 2.45) is 0 Å². The molecule has 1 saturated carbocycles. The molecular weight excluding hydrogens is 422 g/mol. The third kappa shape index (κ3) is 4.47. The molecule has 2 heterocycles. The highest BCUT2D eigenvalue weighted by Crippen LogP contribution is 2.33. The molecule has 170 valence electrons. The number of carbonyl (C=O) groups excluding carboxylic acids is 1.